The molecule has 0 aromatic heterocycles. The summed E-state index contributed by atoms with van der Waals surface area (Å²) >= 11 is 3.39. The van der Waals surface area contributed by atoms with Crippen molar-refractivity contribution in [1.82, 2.24) is 4.90 Å². The predicted octanol–water partition coefficient (Wildman–Crippen LogP) is 2.19. The van der Waals surface area contributed by atoms with E-state index >= 15 is 0 Å². The molecule has 0 aliphatic carbocycles. The molecule has 3 rings (SSSR count). The van der Waals surface area contributed by atoms with Gasteiger partial charge in [0, 0.05) is 18.3 Å². The first-order chi connectivity index (χ1) is 10.1. The summed E-state index contributed by atoms with van der Waals surface area (Å²) in [4.78, 5) is 28.2. The van der Waals surface area contributed by atoms with Crippen molar-refractivity contribution in [2.45, 2.75) is 25.3 Å². The molecule has 21 heavy (non-hydrogen) atoms. The van der Waals surface area contributed by atoms with Gasteiger partial charge in [-0.1, -0.05) is 0 Å². The number of hydrogen-bond donors (Lipinski definition) is 0. The average Bonchev–Trinajstić information content (AvgIpc) is 2.51. The number of fused-ring (bicyclic) bond motifs is 1. The van der Waals surface area contributed by atoms with E-state index in [1.807, 2.05) is 12.1 Å². The van der Waals surface area contributed by atoms with Gasteiger partial charge in [0.2, 0.25) is 11.8 Å². The summed E-state index contributed by atoms with van der Waals surface area (Å²) in [5.41, 5.74) is 0.707. The van der Waals surface area contributed by atoms with Gasteiger partial charge in [-0.3, -0.25) is 9.59 Å². The Balaban J connectivity index is 1.91. The fourth-order valence-corrected chi connectivity index (χ4v) is 3.41. The number of carbonyl (C=O) groups excluding carboxylic acids is 2. The number of piperidine rings is 1. The van der Waals surface area contributed by atoms with Crippen LogP contribution in [0.25, 0.3) is 0 Å². The summed E-state index contributed by atoms with van der Waals surface area (Å²) in [5, 5.41) is 0. The van der Waals surface area contributed by atoms with Crippen LogP contribution in [0.2, 0.25) is 0 Å². The van der Waals surface area contributed by atoms with Crippen LogP contribution < -0.4 is 9.64 Å². The molecule has 0 saturated carbocycles. The molecule has 6 heteroatoms. The summed E-state index contributed by atoms with van der Waals surface area (Å²) in [7, 11) is 1.58. The number of benzene rings is 1. The highest BCUT2D eigenvalue weighted by atomic mass is 79.9. The molecule has 0 N–H and O–H groups in total. The van der Waals surface area contributed by atoms with Gasteiger partial charge in [0.05, 0.1) is 11.6 Å². The highest BCUT2D eigenvalue weighted by Gasteiger charge is 2.40. The lowest BCUT2D eigenvalue weighted by atomic mass is 9.98. The number of hydrogen-bond acceptors (Lipinski definition) is 3. The van der Waals surface area contributed by atoms with Gasteiger partial charge in [0.1, 0.15) is 18.3 Å². The van der Waals surface area contributed by atoms with Crippen molar-refractivity contribution < 1.29 is 14.3 Å². The summed E-state index contributed by atoms with van der Waals surface area (Å²) in [6, 6.07) is 5.15. The third kappa shape index (κ3) is 2.52. The molecule has 1 unspecified atom stereocenters. The van der Waals surface area contributed by atoms with Crippen molar-refractivity contribution in [3.8, 4) is 5.75 Å². The van der Waals surface area contributed by atoms with Crippen LogP contribution in [-0.4, -0.2) is 43.0 Å². The first-order valence-corrected chi connectivity index (χ1v) is 7.85. The molecule has 0 bridgehead atoms. The zero-order valence-corrected chi connectivity index (χ0v) is 13.4. The average molecular weight is 353 g/mol. The lowest BCUT2D eigenvalue weighted by molar-refractivity contribution is -0.144. The van der Waals surface area contributed by atoms with Crippen molar-refractivity contribution in [2.24, 2.45) is 0 Å². The summed E-state index contributed by atoms with van der Waals surface area (Å²) in [6.45, 7) is 0.812. The minimum absolute atomic E-state index is 0.0127. The highest BCUT2D eigenvalue weighted by molar-refractivity contribution is 9.10. The fourth-order valence-electron chi connectivity index (χ4n) is 3.01. The molecule has 0 radical (unpaired) electrons. The SMILES string of the molecule is COc1cc(N2CC(=O)N3CCCCC3C2=O)ccc1Br. The molecular weight excluding hydrogens is 336 g/mol. The van der Waals surface area contributed by atoms with E-state index in [9.17, 15) is 9.59 Å². The molecular formula is C15H17BrN2O3. The molecule has 0 spiro atoms. The van der Waals surface area contributed by atoms with Crippen LogP contribution in [0.1, 0.15) is 19.3 Å². The number of ether oxygens (including phenoxy) is 1. The van der Waals surface area contributed by atoms with E-state index in [-0.39, 0.29) is 24.4 Å². The predicted molar refractivity (Wildman–Crippen MR) is 82.4 cm³/mol. The lowest BCUT2D eigenvalue weighted by Gasteiger charge is -2.42. The van der Waals surface area contributed by atoms with Crippen molar-refractivity contribution in [3.05, 3.63) is 22.7 Å². The molecule has 1 aromatic carbocycles. The Labute approximate surface area is 132 Å². The zero-order valence-electron chi connectivity index (χ0n) is 11.8. The molecule has 112 valence electrons. The Morgan fingerprint density at radius 2 is 2.10 bits per heavy atom. The number of carbonyl (C=O) groups is 2. The lowest BCUT2D eigenvalue weighted by Crippen LogP contribution is -2.61. The Hall–Kier alpha value is -1.56. The van der Waals surface area contributed by atoms with Gasteiger partial charge in [-0.05, 0) is 47.3 Å². The Bertz CT molecular complexity index is 590. The Kier molecular flexibility index (Phi) is 3.89. The molecule has 5 nitrogen and oxygen atoms in total. The van der Waals surface area contributed by atoms with Crippen molar-refractivity contribution >= 4 is 33.4 Å². The quantitative estimate of drug-likeness (QED) is 0.819. The molecule has 1 atom stereocenters. The van der Waals surface area contributed by atoms with Gasteiger partial charge >= 0.3 is 0 Å². The Morgan fingerprint density at radius 3 is 2.86 bits per heavy atom. The van der Waals surface area contributed by atoms with Crippen LogP contribution in [0.4, 0.5) is 5.69 Å². The zero-order chi connectivity index (χ0) is 15.0. The number of amides is 2. The fraction of sp³-hybridized carbons (Fsp3) is 0.467. The molecule has 2 fully saturated rings. The standard InChI is InChI=1S/C15H17BrN2O3/c1-21-13-8-10(5-6-11(13)16)18-9-14(19)17-7-3-2-4-12(17)15(18)20/h5-6,8,12H,2-4,7,9H2,1H3. The van der Waals surface area contributed by atoms with E-state index < -0.39 is 0 Å². The molecule has 1 aromatic rings. The van der Waals surface area contributed by atoms with Crippen LogP contribution in [0, 0.1) is 0 Å². The second-order valence-corrected chi connectivity index (χ2v) is 6.20. The van der Waals surface area contributed by atoms with Gasteiger partial charge in [-0.25, -0.2) is 0 Å². The molecule has 2 aliphatic rings. The van der Waals surface area contributed by atoms with Crippen LogP contribution in [-0.2, 0) is 9.59 Å². The summed E-state index contributed by atoms with van der Waals surface area (Å²) in [5.74, 6) is 0.693. The Morgan fingerprint density at radius 1 is 1.29 bits per heavy atom. The van der Waals surface area contributed by atoms with E-state index in [0.29, 0.717) is 18.0 Å². The maximum atomic E-state index is 12.7. The van der Waals surface area contributed by atoms with Crippen LogP contribution >= 0.6 is 15.9 Å². The monoisotopic (exact) mass is 352 g/mol. The summed E-state index contributed by atoms with van der Waals surface area (Å²) in [6.07, 6.45) is 2.74. The topological polar surface area (TPSA) is 49.9 Å². The minimum Gasteiger partial charge on any atom is -0.495 e. The summed E-state index contributed by atoms with van der Waals surface area (Å²) < 4.78 is 6.09. The molecule has 2 heterocycles. The number of halogens is 1. The van der Waals surface area contributed by atoms with E-state index in [4.69, 9.17) is 4.74 Å². The number of nitrogens with zero attached hydrogens (tertiary/aromatic N) is 2. The van der Waals surface area contributed by atoms with E-state index in [1.54, 1.807) is 23.0 Å². The minimum atomic E-state index is -0.297. The van der Waals surface area contributed by atoms with Crippen molar-refractivity contribution in [3.63, 3.8) is 0 Å². The van der Waals surface area contributed by atoms with Gasteiger partial charge in [0.25, 0.3) is 0 Å². The van der Waals surface area contributed by atoms with Gasteiger partial charge < -0.3 is 14.5 Å². The molecule has 2 amide bonds. The van der Waals surface area contributed by atoms with Crippen molar-refractivity contribution in [1.29, 1.82) is 0 Å². The second kappa shape index (κ2) is 5.67. The highest BCUT2D eigenvalue weighted by Crippen LogP contribution is 2.32. The largest absolute Gasteiger partial charge is 0.495 e. The third-order valence-electron chi connectivity index (χ3n) is 4.11. The number of piperazine rings is 1. The number of anilines is 1. The van der Waals surface area contributed by atoms with Gasteiger partial charge in [-0.2, -0.15) is 0 Å². The van der Waals surface area contributed by atoms with Crippen LogP contribution in [0.5, 0.6) is 5.75 Å². The maximum Gasteiger partial charge on any atom is 0.250 e. The normalized spacial score (nSPS) is 22.3. The second-order valence-electron chi connectivity index (χ2n) is 5.34. The van der Waals surface area contributed by atoms with E-state index in [1.165, 1.54) is 0 Å². The third-order valence-corrected chi connectivity index (χ3v) is 4.77. The van der Waals surface area contributed by atoms with Gasteiger partial charge in [0.15, 0.2) is 0 Å². The van der Waals surface area contributed by atoms with Crippen LogP contribution in [0.15, 0.2) is 22.7 Å². The first kappa shape index (κ1) is 14.4. The molecule has 2 aliphatic heterocycles. The smallest absolute Gasteiger partial charge is 0.250 e. The van der Waals surface area contributed by atoms with Crippen LogP contribution in [0.3, 0.4) is 0 Å². The number of rotatable bonds is 2. The van der Waals surface area contributed by atoms with E-state index in [0.717, 1.165) is 23.7 Å². The van der Waals surface area contributed by atoms with Gasteiger partial charge in [-0.15, -0.1) is 0 Å². The van der Waals surface area contributed by atoms with E-state index in [2.05, 4.69) is 15.9 Å². The van der Waals surface area contributed by atoms with Crippen molar-refractivity contribution in [2.75, 3.05) is 25.1 Å². The maximum absolute atomic E-state index is 12.7. The molecule has 2 saturated heterocycles. The first-order valence-electron chi connectivity index (χ1n) is 7.06. The number of methoxy groups -OCH3 is 1.